The summed E-state index contributed by atoms with van der Waals surface area (Å²) in [7, 11) is 1.65. The summed E-state index contributed by atoms with van der Waals surface area (Å²) < 4.78 is 29.5. The van der Waals surface area contributed by atoms with E-state index in [0.29, 0.717) is 28.0 Å². The van der Waals surface area contributed by atoms with E-state index in [0.717, 1.165) is 0 Å². The second-order valence-corrected chi connectivity index (χ2v) is 6.49. The molecule has 8 nitrogen and oxygen atoms in total. The van der Waals surface area contributed by atoms with Crippen LogP contribution in [0, 0.1) is 5.41 Å². The maximum atomic E-state index is 12.6. The highest BCUT2D eigenvalue weighted by molar-refractivity contribution is 6.14. The number of fused-ring (bicyclic) bond motifs is 1. The van der Waals surface area contributed by atoms with Crippen LogP contribution >= 0.6 is 0 Å². The average Bonchev–Trinajstić information content (AvgIpc) is 3.09. The van der Waals surface area contributed by atoms with Crippen molar-refractivity contribution in [2.75, 3.05) is 12.4 Å². The van der Waals surface area contributed by atoms with Gasteiger partial charge in [-0.1, -0.05) is 0 Å². The van der Waals surface area contributed by atoms with Gasteiger partial charge in [-0.2, -0.15) is 8.78 Å². The van der Waals surface area contributed by atoms with Gasteiger partial charge in [-0.25, -0.2) is 9.97 Å². The molecule has 0 fully saturated rings. The number of aromatic nitrogens is 3. The van der Waals surface area contributed by atoms with E-state index in [2.05, 4.69) is 30.3 Å². The zero-order chi connectivity index (χ0) is 21.1. The minimum atomic E-state index is -2.98. The molecule has 1 aromatic carbocycles. The zero-order valence-corrected chi connectivity index (χ0v) is 16.0. The van der Waals surface area contributed by atoms with Gasteiger partial charge in [0.2, 0.25) is 0 Å². The lowest BCUT2D eigenvalue weighted by Crippen LogP contribution is -2.30. The molecule has 0 saturated carbocycles. The Kier molecular flexibility index (Phi) is 5.71. The highest BCUT2D eigenvalue weighted by Gasteiger charge is 2.19. The number of hydrogen-bond donors (Lipinski definition) is 4. The van der Waals surface area contributed by atoms with E-state index in [1.165, 1.54) is 30.6 Å². The number of H-pyrrole nitrogens is 1. The second kappa shape index (κ2) is 8.21. The molecule has 10 heteroatoms. The van der Waals surface area contributed by atoms with Crippen LogP contribution in [0.3, 0.4) is 0 Å². The number of alkyl halides is 2. The first-order chi connectivity index (χ1) is 13.8. The molecule has 0 aliphatic rings. The van der Waals surface area contributed by atoms with Crippen molar-refractivity contribution < 1.29 is 18.3 Å². The zero-order valence-electron chi connectivity index (χ0n) is 16.0. The molecule has 0 aliphatic heterocycles. The number of carbonyl (C=O) groups excluding carboxylic acids is 1. The molecule has 152 valence electrons. The van der Waals surface area contributed by atoms with E-state index in [4.69, 9.17) is 5.41 Å². The SMILES string of the molecule is CNc1ccc(OC(F)F)cc1C(=N)c1cnc2[nH]cc(C(=O)NC(C)C)c2n1. The van der Waals surface area contributed by atoms with Gasteiger partial charge in [0, 0.05) is 30.5 Å². The van der Waals surface area contributed by atoms with Crippen molar-refractivity contribution in [3.8, 4) is 5.75 Å². The second-order valence-electron chi connectivity index (χ2n) is 6.49. The lowest BCUT2D eigenvalue weighted by atomic mass is 10.0. The molecule has 3 aromatic rings. The van der Waals surface area contributed by atoms with Crippen LogP contribution in [0.25, 0.3) is 11.2 Å². The molecule has 29 heavy (non-hydrogen) atoms. The number of ether oxygens (including phenoxy) is 1. The number of anilines is 1. The summed E-state index contributed by atoms with van der Waals surface area (Å²) in [5.74, 6) is -0.390. The van der Waals surface area contributed by atoms with E-state index in [1.807, 2.05) is 13.8 Å². The van der Waals surface area contributed by atoms with E-state index in [9.17, 15) is 13.6 Å². The van der Waals surface area contributed by atoms with E-state index < -0.39 is 6.61 Å². The van der Waals surface area contributed by atoms with Crippen LogP contribution in [0.2, 0.25) is 0 Å². The van der Waals surface area contributed by atoms with Gasteiger partial charge in [0.05, 0.1) is 17.5 Å². The third-order valence-electron chi connectivity index (χ3n) is 4.06. The Morgan fingerprint density at radius 1 is 1.28 bits per heavy atom. The molecule has 0 atom stereocenters. The number of hydrogen-bond acceptors (Lipinski definition) is 6. The van der Waals surface area contributed by atoms with Gasteiger partial charge in [-0.05, 0) is 32.0 Å². The third-order valence-corrected chi connectivity index (χ3v) is 4.06. The molecule has 0 radical (unpaired) electrons. The first kappa shape index (κ1) is 20.2. The standard InChI is InChI=1S/C19H20F2N6O2/c1-9(2)26-18(28)12-7-24-17-16(12)27-14(8-25-17)15(22)11-6-10(29-19(20)21)4-5-13(11)23-3/h4-9,19,22-23H,1-3H3,(H,24,25)(H,26,28). The van der Waals surface area contributed by atoms with E-state index >= 15 is 0 Å². The molecule has 4 N–H and O–H groups in total. The van der Waals surface area contributed by atoms with Crippen LogP contribution in [-0.2, 0) is 0 Å². The quantitative estimate of drug-likeness (QED) is 0.453. The first-order valence-electron chi connectivity index (χ1n) is 8.81. The number of carbonyl (C=O) groups is 1. The highest BCUT2D eigenvalue weighted by Crippen LogP contribution is 2.26. The van der Waals surface area contributed by atoms with Crippen LogP contribution in [0.1, 0.15) is 35.5 Å². The Balaban J connectivity index is 2.02. The molecule has 2 heterocycles. The number of aromatic amines is 1. The van der Waals surface area contributed by atoms with Crippen LogP contribution in [0.4, 0.5) is 14.5 Å². The van der Waals surface area contributed by atoms with E-state index in [-0.39, 0.29) is 29.1 Å². The van der Waals surface area contributed by atoms with Crippen molar-refractivity contribution in [2.24, 2.45) is 0 Å². The largest absolute Gasteiger partial charge is 0.435 e. The molecule has 0 unspecified atom stereocenters. The summed E-state index contributed by atoms with van der Waals surface area (Å²) in [6, 6.07) is 4.18. The van der Waals surface area contributed by atoms with Crippen LogP contribution in [0.5, 0.6) is 5.75 Å². The molecule has 2 aromatic heterocycles. The average molecular weight is 402 g/mol. The smallest absolute Gasteiger partial charge is 0.387 e. The Bertz CT molecular complexity index is 1060. The third kappa shape index (κ3) is 4.31. The highest BCUT2D eigenvalue weighted by atomic mass is 19.3. The maximum Gasteiger partial charge on any atom is 0.387 e. The number of benzene rings is 1. The lowest BCUT2D eigenvalue weighted by Gasteiger charge is -2.13. The fraction of sp³-hybridized carbons (Fsp3) is 0.263. The van der Waals surface area contributed by atoms with Gasteiger partial charge in [0.1, 0.15) is 17.0 Å². The van der Waals surface area contributed by atoms with Crippen LogP contribution < -0.4 is 15.4 Å². The van der Waals surface area contributed by atoms with E-state index in [1.54, 1.807) is 7.05 Å². The van der Waals surface area contributed by atoms with Crippen molar-refractivity contribution in [3.63, 3.8) is 0 Å². The lowest BCUT2D eigenvalue weighted by molar-refractivity contribution is -0.0498. The molecular formula is C19H20F2N6O2. The Labute approximate surface area is 165 Å². The summed E-state index contributed by atoms with van der Waals surface area (Å²) in [5.41, 5.74) is 1.99. The summed E-state index contributed by atoms with van der Waals surface area (Å²) in [6.07, 6.45) is 2.89. The predicted molar refractivity (Wildman–Crippen MR) is 105 cm³/mol. The van der Waals surface area contributed by atoms with Crippen molar-refractivity contribution in [3.05, 3.63) is 47.4 Å². The minimum absolute atomic E-state index is 0.0557. The molecule has 0 saturated heterocycles. The van der Waals surface area contributed by atoms with Crippen molar-refractivity contribution in [1.82, 2.24) is 20.3 Å². The van der Waals surface area contributed by atoms with Crippen molar-refractivity contribution in [1.29, 1.82) is 5.41 Å². The number of nitrogens with zero attached hydrogens (tertiary/aromatic N) is 2. The van der Waals surface area contributed by atoms with Gasteiger partial charge in [-0.15, -0.1) is 0 Å². The van der Waals surface area contributed by atoms with Crippen LogP contribution in [0.15, 0.2) is 30.6 Å². The summed E-state index contributed by atoms with van der Waals surface area (Å²) in [6.45, 7) is 0.705. The Hall–Kier alpha value is -3.56. The summed E-state index contributed by atoms with van der Waals surface area (Å²) in [5, 5.41) is 14.2. The van der Waals surface area contributed by atoms with Gasteiger partial charge < -0.3 is 20.4 Å². The number of halogens is 2. The number of nitrogens with one attached hydrogen (secondary N) is 4. The normalized spacial score (nSPS) is 11.1. The fourth-order valence-electron chi connectivity index (χ4n) is 2.79. The first-order valence-corrected chi connectivity index (χ1v) is 8.81. The molecule has 0 bridgehead atoms. The molecule has 0 aliphatic carbocycles. The van der Waals surface area contributed by atoms with Crippen molar-refractivity contribution in [2.45, 2.75) is 26.5 Å². The van der Waals surface area contributed by atoms with Gasteiger partial charge in [-0.3, -0.25) is 10.2 Å². The Morgan fingerprint density at radius 3 is 2.69 bits per heavy atom. The topological polar surface area (TPSA) is 116 Å². The maximum absolute atomic E-state index is 12.6. The molecule has 3 rings (SSSR count). The number of amides is 1. The Morgan fingerprint density at radius 2 is 2.03 bits per heavy atom. The molecular weight excluding hydrogens is 382 g/mol. The number of rotatable bonds is 7. The van der Waals surface area contributed by atoms with Gasteiger partial charge >= 0.3 is 6.61 Å². The minimum Gasteiger partial charge on any atom is -0.435 e. The monoisotopic (exact) mass is 402 g/mol. The van der Waals surface area contributed by atoms with Crippen molar-refractivity contribution >= 4 is 28.5 Å². The van der Waals surface area contributed by atoms with Gasteiger partial charge in [0.15, 0.2) is 5.65 Å². The fourth-order valence-corrected chi connectivity index (χ4v) is 2.79. The molecule has 0 spiro atoms. The summed E-state index contributed by atoms with van der Waals surface area (Å²) in [4.78, 5) is 23.9. The predicted octanol–water partition coefficient (Wildman–Crippen LogP) is 3.16. The molecule has 1 amide bonds. The summed E-state index contributed by atoms with van der Waals surface area (Å²) >= 11 is 0. The van der Waals surface area contributed by atoms with Crippen LogP contribution in [-0.4, -0.2) is 46.3 Å². The van der Waals surface area contributed by atoms with Gasteiger partial charge in [0.25, 0.3) is 5.91 Å².